The molecule has 30 heavy (non-hydrogen) atoms. The molecule has 0 spiro atoms. The molecule has 1 saturated heterocycles. The third kappa shape index (κ3) is 6.48. The summed E-state index contributed by atoms with van der Waals surface area (Å²) in [4.78, 5) is 11.4. The van der Waals surface area contributed by atoms with Crippen LogP contribution in [0.15, 0.2) is 34.6 Å². The number of morpholine rings is 1. The molecule has 6 nitrogen and oxygen atoms in total. The van der Waals surface area contributed by atoms with Crippen molar-refractivity contribution < 1.29 is 9.13 Å². The highest BCUT2D eigenvalue weighted by atomic mass is 32.1. The standard InChI is InChI=1S/C22H32FN5OS/c1-16(2)21-27-19(15-30-21)8-9-25-22(24-3)26-14-20(28-10-12-29-13-11-28)17-4-6-18(23)7-5-17/h4-7,15-16,20H,8-14H2,1-3H3,(H2,24,25,26). The van der Waals surface area contributed by atoms with Crippen LogP contribution >= 0.6 is 11.3 Å². The van der Waals surface area contributed by atoms with Gasteiger partial charge in [-0.3, -0.25) is 9.89 Å². The number of benzene rings is 1. The number of nitrogens with one attached hydrogen (secondary N) is 2. The third-order valence-corrected chi connectivity index (χ3v) is 6.36. The van der Waals surface area contributed by atoms with Crippen molar-refractivity contribution in [1.29, 1.82) is 0 Å². The first kappa shape index (κ1) is 22.7. The third-order valence-electron chi connectivity index (χ3n) is 5.16. The summed E-state index contributed by atoms with van der Waals surface area (Å²) in [7, 11) is 1.77. The molecule has 8 heteroatoms. The second-order valence-corrected chi connectivity index (χ2v) is 8.57. The van der Waals surface area contributed by atoms with Crippen LogP contribution in [0, 0.1) is 5.82 Å². The van der Waals surface area contributed by atoms with Gasteiger partial charge in [0.2, 0.25) is 0 Å². The van der Waals surface area contributed by atoms with E-state index in [4.69, 9.17) is 4.74 Å². The first-order valence-corrected chi connectivity index (χ1v) is 11.4. The SMILES string of the molecule is CN=C(NCCc1csc(C(C)C)n1)NCC(c1ccc(F)cc1)N1CCOCC1. The Morgan fingerprint density at radius 2 is 1.97 bits per heavy atom. The predicted octanol–water partition coefficient (Wildman–Crippen LogP) is 3.19. The van der Waals surface area contributed by atoms with Gasteiger partial charge in [0, 0.05) is 50.9 Å². The van der Waals surface area contributed by atoms with Gasteiger partial charge in [-0.2, -0.15) is 0 Å². The molecule has 1 atom stereocenters. The fraction of sp³-hybridized carbons (Fsp3) is 0.545. The molecule has 2 aromatic rings. The minimum atomic E-state index is -0.215. The van der Waals surface area contributed by atoms with E-state index in [-0.39, 0.29) is 11.9 Å². The molecule has 0 radical (unpaired) electrons. The molecule has 0 saturated carbocycles. The van der Waals surface area contributed by atoms with E-state index >= 15 is 0 Å². The number of guanidine groups is 1. The van der Waals surface area contributed by atoms with Crippen LogP contribution in [-0.4, -0.2) is 62.3 Å². The zero-order chi connectivity index (χ0) is 21.3. The van der Waals surface area contributed by atoms with E-state index < -0.39 is 0 Å². The number of rotatable bonds is 8. The van der Waals surface area contributed by atoms with E-state index in [1.807, 2.05) is 12.1 Å². The highest BCUT2D eigenvalue weighted by Crippen LogP contribution is 2.22. The molecule has 1 aliphatic rings. The second kappa shape index (κ2) is 11.4. The lowest BCUT2D eigenvalue weighted by atomic mass is 10.0. The Bertz CT molecular complexity index is 802. The second-order valence-electron chi connectivity index (χ2n) is 7.68. The lowest BCUT2D eigenvalue weighted by Gasteiger charge is -2.35. The number of aromatic nitrogens is 1. The molecule has 3 rings (SSSR count). The van der Waals surface area contributed by atoms with Gasteiger partial charge in [-0.15, -0.1) is 11.3 Å². The summed E-state index contributed by atoms with van der Waals surface area (Å²) < 4.78 is 18.9. The van der Waals surface area contributed by atoms with Crippen molar-refractivity contribution in [3.05, 3.63) is 51.7 Å². The van der Waals surface area contributed by atoms with Crippen LogP contribution in [0.2, 0.25) is 0 Å². The molecule has 1 aliphatic heterocycles. The molecule has 1 aromatic heterocycles. The molecule has 0 amide bonds. The summed E-state index contributed by atoms with van der Waals surface area (Å²) in [6.45, 7) is 8.93. The molecular weight excluding hydrogens is 401 g/mol. The first-order valence-electron chi connectivity index (χ1n) is 10.5. The van der Waals surface area contributed by atoms with E-state index in [9.17, 15) is 4.39 Å². The Kier molecular flexibility index (Phi) is 8.60. The molecule has 0 aliphatic carbocycles. The van der Waals surface area contributed by atoms with E-state index in [0.29, 0.717) is 12.5 Å². The van der Waals surface area contributed by atoms with Gasteiger partial charge in [-0.25, -0.2) is 9.37 Å². The summed E-state index contributed by atoms with van der Waals surface area (Å²) in [6.07, 6.45) is 0.856. The van der Waals surface area contributed by atoms with E-state index in [1.165, 1.54) is 17.1 Å². The zero-order valence-electron chi connectivity index (χ0n) is 18.0. The number of thiazole rings is 1. The summed E-state index contributed by atoms with van der Waals surface area (Å²) >= 11 is 1.72. The van der Waals surface area contributed by atoms with Crippen LogP contribution in [0.5, 0.6) is 0 Å². The lowest BCUT2D eigenvalue weighted by molar-refractivity contribution is 0.0170. The van der Waals surface area contributed by atoms with Gasteiger partial charge in [0.15, 0.2) is 5.96 Å². The van der Waals surface area contributed by atoms with Gasteiger partial charge >= 0.3 is 0 Å². The molecule has 2 heterocycles. The van der Waals surface area contributed by atoms with Crippen molar-refractivity contribution in [1.82, 2.24) is 20.5 Å². The number of nitrogens with zero attached hydrogens (tertiary/aromatic N) is 3. The van der Waals surface area contributed by atoms with Crippen LogP contribution in [0.25, 0.3) is 0 Å². The van der Waals surface area contributed by atoms with Gasteiger partial charge < -0.3 is 15.4 Å². The highest BCUT2D eigenvalue weighted by molar-refractivity contribution is 7.09. The van der Waals surface area contributed by atoms with Gasteiger partial charge in [0.1, 0.15) is 5.82 Å². The summed E-state index contributed by atoms with van der Waals surface area (Å²) in [5, 5.41) is 10.1. The molecule has 1 unspecified atom stereocenters. The molecule has 1 fully saturated rings. The maximum absolute atomic E-state index is 13.4. The van der Waals surface area contributed by atoms with E-state index in [2.05, 4.69) is 44.7 Å². The van der Waals surface area contributed by atoms with Crippen LogP contribution in [0.4, 0.5) is 4.39 Å². The van der Waals surface area contributed by atoms with Crippen molar-refractivity contribution in [3.8, 4) is 0 Å². The van der Waals surface area contributed by atoms with E-state index in [0.717, 1.165) is 56.5 Å². The topological polar surface area (TPSA) is 61.8 Å². The Hall–Kier alpha value is -2.03. The Labute approximate surface area is 182 Å². The summed E-state index contributed by atoms with van der Waals surface area (Å²) in [5.41, 5.74) is 2.20. The van der Waals surface area contributed by atoms with Gasteiger partial charge in [0.25, 0.3) is 0 Å². The number of halogens is 1. The minimum Gasteiger partial charge on any atom is -0.379 e. The summed E-state index contributed by atoms with van der Waals surface area (Å²) in [6, 6.07) is 6.90. The van der Waals surface area contributed by atoms with Crippen molar-refractivity contribution >= 4 is 17.3 Å². The fourth-order valence-electron chi connectivity index (χ4n) is 3.46. The quantitative estimate of drug-likeness (QED) is 0.495. The Balaban J connectivity index is 1.54. The van der Waals surface area contributed by atoms with Crippen LogP contribution in [0.1, 0.15) is 42.1 Å². The fourth-order valence-corrected chi connectivity index (χ4v) is 4.33. The van der Waals surface area contributed by atoms with Crippen molar-refractivity contribution in [2.45, 2.75) is 32.2 Å². The molecule has 1 aromatic carbocycles. The molecule has 164 valence electrons. The average molecular weight is 434 g/mol. The van der Waals surface area contributed by atoms with Crippen LogP contribution in [-0.2, 0) is 11.2 Å². The monoisotopic (exact) mass is 433 g/mol. The smallest absolute Gasteiger partial charge is 0.191 e. The summed E-state index contributed by atoms with van der Waals surface area (Å²) in [5.74, 6) is 1.01. The number of aliphatic imine (C=N–C) groups is 1. The van der Waals surface area contributed by atoms with Crippen molar-refractivity contribution in [3.63, 3.8) is 0 Å². The Morgan fingerprint density at radius 3 is 2.60 bits per heavy atom. The van der Waals surface area contributed by atoms with Crippen molar-refractivity contribution in [2.75, 3.05) is 46.4 Å². The van der Waals surface area contributed by atoms with Gasteiger partial charge in [0.05, 0.1) is 30.0 Å². The highest BCUT2D eigenvalue weighted by Gasteiger charge is 2.23. The number of ether oxygens (including phenoxy) is 1. The average Bonchev–Trinajstić information content (AvgIpc) is 3.24. The van der Waals surface area contributed by atoms with Crippen LogP contribution < -0.4 is 10.6 Å². The first-order chi connectivity index (χ1) is 14.6. The molecular formula is C22H32FN5OS. The van der Waals surface area contributed by atoms with E-state index in [1.54, 1.807) is 18.4 Å². The van der Waals surface area contributed by atoms with Crippen LogP contribution in [0.3, 0.4) is 0 Å². The Morgan fingerprint density at radius 1 is 1.23 bits per heavy atom. The molecule has 2 N–H and O–H groups in total. The molecule has 0 bridgehead atoms. The number of hydrogen-bond donors (Lipinski definition) is 2. The normalized spacial score (nSPS) is 16.6. The lowest BCUT2D eigenvalue weighted by Crippen LogP contribution is -2.46. The van der Waals surface area contributed by atoms with Gasteiger partial charge in [-0.1, -0.05) is 26.0 Å². The maximum Gasteiger partial charge on any atom is 0.191 e. The van der Waals surface area contributed by atoms with Crippen molar-refractivity contribution in [2.24, 2.45) is 4.99 Å². The number of hydrogen-bond acceptors (Lipinski definition) is 5. The minimum absolute atomic E-state index is 0.125. The predicted molar refractivity (Wildman–Crippen MR) is 121 cm³/mol. The maximum atomic E-state index is 13.4. The largest absolute Gasteiger partial charge is 0.379 e. The van der Waals surface area contributed by atoms with Gasteiger partial charge in [-0.05, 0) is 17.7 Å². The zero-order valence-corrected chi connectivity index (χ0v) is 18.8.